The number of tetrazole rings is 1. The van der Waals surface area contributed by atoms with Crippen molar-refractivity contribution < 1.29 is 9.90 Å². The van der Waals surface area contributed by atoms with Gasteiger partial charge in [-0.05, 0) is 29.5 Å². The minimum atomic E-state index is -0.858. The summed E-state index contributed by atoms with van der Waals surface area (Å²) >= 11 is 1.58. The molecule has 2 heterocycles. The summed E-state index contributed by atoms with van der Waals surface area (Å²) in [5.74, 6) is -0.233. The van der Waals surface area contributed by atoms with E-state index >= 15 is 0 Å². The lowest BCUT2D eigenvalue weighted by Gasteiger charge is -1.99. The van der Waals surface area contributed by atoms with Gasteiger partial charge in [-0.15, -0.1) is 16.4 Å². The highest BCUT2D eigenvalue weighted by Crippen LogP contribution is 2.25. The molecule has 16 heavy (non-hydrogen) atoms. The number of hydrogen-bond donors (Lipinski definition) is 1. The largest absolute Gasteiger partial charge is 0.481 e. The van der Waals surface area contributed by atoms with Gasteiger partial charge in [0, 0.05) is 4.88 Å². The van der Waals surface area contributed by atoms with E-state index < -0.39 is 5.97 Å². The number of aryl methyl sites for hydroxylation is 2. The van der Waals surface area contributed by atoms with Crippen molar-refractivity contribution in [1.29, 1.82) is 0 Å². The molecule has 0 aliphatic carbocycles. The first-order valence-corrected chi connectivity index (χ1v) is 5.53. The van der Waals surface area contributed by atoms with Gasteiger partial charge in [-0.2, -0.15) is 0 Å². The number of carboxylic acids is 1. The average molecular weight is 238 g/mol. The second-order valence-electron chi connectivity index (χ2n) is 3.28. The van der Waals surface area contributed by atoms with Crippen LogP contribution in [0.25, 0.3) is 10.7 Å². The molecule has 0 radical (unpaired) electrons. The minimum absolute atomic E-state index is 0.0163. The third kappa shape index (κ3) is 2.25. The quantitative estimate of drug-likeness (QED) is 0.865. The lowest BCUT2D eigenvalue weighted by Crippen LogP contribution is -2.07. The molecule has 0 aliphatic heterocycles. The molecule has 0 amide bonds. The molecule has 0 saturated carbocycles. The van der Waals surface area contributed by atoms with E-state index in [4.69, 9.17) is 5.11 Å². The summed E-state index contributed by atoms with van der Waals surface area (Å²) in [6, 6.07) is 3.92. The first-order chi connectivity index (χ1) is 7.66. The van der Waals surface area contributed by atoms with Gasteiger partial charge in [-0.1, -0.05) is 0 Å². The molecule has 0 fully saturated rings. The van der Waals surface area contributed by atoms with E-state index in [0.29, 0.717) is 5.82 Å². The van der Waals surface area contributed by atoms with E-state index in [2.05, 4.69) is 15.5 Å². The lowest BCUT2D eigenvalue weighted by molar-refractivity contribution is -0.137. The maximum atomic E-state index is 10.5. The molecule has 84 valence electrons. The fourth-order valence-corrected chi connectivity index (χ4v) is 2.14. The van der Waals surface area contributed by atoms with Crippen LogP contribution in [0.5, 0.6) is 0 Å². The van der Waals surface area contributed by atoms with Crippen LogP contribution in [0.1, 0.15) is 11.3 Å². The number of rotatable bonds is 4. The van der Waals surface area contributed by atoms with Gasteiger partial charge < -0.3 is 5.11 Å². The molecule has 0 saturated heterocycles. The standard InChI is InChI=1S/C9H10N4O2S/c1-6-2-3-7(16-6)9-10-11-12-13(9)5-4-8(14)15/h2-3H,4-5H2,1H3,(H,14,15). The van der Waals surface area contributed by atoms with Gasteiger partial charge in [0.2, 0.25) is 0 Å². The Morgan fingerprint density at radius 3 is 3.00 bits per heavy atom. The zero-order valence-corrected chi connectivity index (χ0v) is 9.44. The number of hydrogen-bond acceptors (Lipinski definition) is 5. The summed E-state index contributed by atoms with van der Waals surface area (Å²) in [6.45, 7) is 2.29. The molecule has 1 N–H and O–H groups in total. The van der Waals surface area contributed by atoms with Crippen LogP contribution in [0, 0.1) is 6.92 Å². The number of carbonyl (C=O) groups is 1. The van der Waals surface area contributed by atoms with Crippen molar-refractivity contribution in [3.63, 3.8) is 0 Å². The maximum absolute atomic E-state index is 10.5. The molecule has 2 rings (SSSR count). The van der Waals surface area contributed by atoms with Gasteiger partial charge in [0.1, 0.15) is 0 Å². The molecular formula is C9H10N4O2S. The first-order valence-electron chi connectivity index (χ1n) is 4.71. The number of nitrogens with zero attached hydrogens (tertiary/aromatic N) is 4. The van der Waals surface area contributed by atoms with Crippen molar-refractivity contribution in [2.45, 2.75) is 19.9 Å². The van der Waals surface area contributed by atoms with Gasteiger partial charge in [-0.3, -0.25) is 4.79 Å². The van der Waals surface area contributed by atoms with Crippen molar-refractivity contribution in [1.82, 2.24) is 20.2 Å². The molecule has 0 aliphatic rings. The third-order valence-electron chi connectivity index (χ3n) is 2.03. The smallest absolute Gasteiger partial charge is 0.305 e. The molecule has 0 atom stereocenters. The van der Waals surface area contributed by atoms with Gasteiger partial charge in [0.25, 0.3) is 0 Å². The Hall–Kier alpha value is -1.76. The zero-order chi connectivity index (χ0) is 11.5. The highest BCUT2D eigenvalue weighted by molar-refractivity contribution is 7.15. The Balaban J connectivity index is 2.22. The number of aliphatic carboxylic acids is 1. The maximum Gasteiger partial charge on any atom is 0.305 e. The van der Waals surface area contributed by atoms with E-state index in [9.17, 15) is 4.79 Å². The SMILES string of the molecule is Cc1ccc(-c2nnnn2CCC(=O)O)s1. The van der Waals surface area contributed by atoms with Crippen LogP contribution in [0.3, 0.4) is 0 Å². The van der Waals surface area contributed by atoms with Crippen LogP contribution in [0.2, 0.25) is 0 Å². The van der Waals surface area contributed by atoms with Crippen molar-refractivity contribution in [2.75, 3.05) is 0 Å². The third-order valence-corrected chi connectivity index (χ3v) is 3.03. The van der Waals surface area contributed by atoms with Crippen LogP contribution < -0.4 is 0 Å². The van der Waals surface area contributed by atoms with E-state index in [1.54, 1.807) is 11.3 Å². The normalized spacial score (nSPS) is 10.6. The molecule has 0 spiro atoms. The van der Waals surface area contributed by atoms with Gasteiger partial charge in [0.15, 0.2) is 5.82 Å². The van der Waals surface area contributed by atoms with Crippen molar-refractivity contribution >= 4 is 17.3 Å². The Labute approximate surface area is 95.5 Å². The summed E-state index contributed by atoms with van der Waals surface area (Å²) < 4.78 is 1.51. The van der Waals surface area contributed by atoms with Crippen LogP contribution in [-0.4, -0.2) is 31.3 Å². The van der Waals surface area contributed by atoms with Gasteiger partial charge in [-0.25, -0.2) is 4.68 Å². The highest BCUT2D eigenvalue weighted by Gasteiger charge is 2.11. The summed E-state index contributed by atoms with van der Waals surface area (Å²) in [6.07, 6.45) is 0.0163. The molecule has 6 nitrogen and oxygen atoms in total. The van der Waals surface area contributed by atoms with Gasteiger partial charge >= 0.3 is 5.97 Å². The predicted octanol–water partition coefficient (Wildman–Crippen LogP) is 1.18. The topological polar surface area (TPSA) is 80.9 Å². The monoisotopic (exact) mass is 238 g/mol. The second kappa shape index (κ2) is 4.40. The molecular weight excluding hydrogens is 228 g/mol. The highest BCUT2D eigenvalue weighted by atomic mass is 32.1. The number of aromatic nitrogens is 4. The summed E-state index contributed by atoms with van der Waals surface area (Å²) in [5.41, 5.74) is 0. The molecule has 0 unspecified atom stereocenters. The van der Waals surface area contributed by atoms with Crippen molar-refractivity contribution in [2.24, 2.45) is 0 Å². The zero-order valence-electron chi connectivity index (χ0n) is 8.62. The lowest BCUT2D eigenvalue weighted by atomic mass is 10.4. The first kappa shape index (κ1) is 10.7. The van der Waals surface area contributed by atoms with Crippen molar-refractivity contribution in [3.8, 4) is 10.7 Å². The Morgan fingerprint density at radius 1 is 1.56 bits per heavy atom. The van der Waals surface area contributed by atoms with Crippen LogP contribution in [-0.2, 0) is 11.3 Å². The van der Waals surface area contributed by atoms with Crippen LogP contribution in [0.4, 0.5) is 0 Å². The van der Waals surface area contributed by atoms with Gasteiger partial charge in [0.05, 0.1) is 17.8 Å². The Bertz CT molecular complexity index is 505. The molecule has 0 bridgehead atoms. The number of thiophene rings is 1. The van der Waals surface area contributed by atoms with Crippen LogP contribution in [0.15, 0.2) is 12.1 Å². The number of carboxylic acid groups (broad SMARTS) is 1. The van der Waals surface area contributed by atoms with E-state index in [1.165, 1.54) is 9.56 Å². The average Bonchev–Trinajstić information content (AvgIpc) is 2.82. The van der Waals surface area contributed by atoms with Crippen molar-refractivity contribution in [3.05, 3.63) is 17.0 Å². The Morgan fingerprint density at radius 2 is 2.38 bits per heavy atom. The van der Waals surface area contributed by atoms with E-state index in [1.807, 2.05) is 19.1 Å². The van der Waals surface area contributed by atoms with E-state index in [0.717, 1.165) is 4.88 Å². The summed E-state index contributed by atoms with van der Waals surface area (Å²) in [5, 5.41) is 19.8. The summed E-state index contributed by atoms with van der Waals surface area (Å²) in [7, 11) is 0. The minimum Gasteiger partial charge on any atom is -0.481 e. The molecule has 2 aromatic heterocycles. The molecule has 0 aromatic carbocycles. The molecule has 2 aromatic rings. The fraction of sp³-hybridized carbons (Fsp3) is 0.333. The Kier molecular flexibility index (Phi) is 2.95. The fourth-order valence-electron chi connectivity index (χ4n) is 1.29. The molecule has 7 heteroatoms. The summed E-state index contributed by atoms with van der Waals surface area (Å²) in [4.78, 5) is 12.6. The van der Waals surface area contributed by atoms with E-state index in [-0.39, 0.29) is 13.0 Å². The second-order valence-corrected chi connectivity index (χ2v) is 4.57. The predicted molar refractivity (Wildman–Crippen MR) is 58.1 cm³/mol. The van der Waals surface area contributed by atoms with Crippen LogP contribution >= 0.6 is 11.3 Å².